The van der Waals surface area contributed by atoms with Crippen LogP contribution in [0.2, 0.25) is 0 Å². The third-order valence-corrected chi connectivity index (χ3v) is 2.18. The van der Waals surface area contributed by atoms with Crippen LogP contribution in [0.15, 0.2) is 18.2 Å². The van der Waals surface area contributed by atoms with Crippen molar-refractivity contribution in [2.75, 3.05) is 6.61 Å². The van der Waals surface area contributed by atoms with E-state index < -0.39 is 0 Å². The molecule has 0 aliphatic heterocycles. The molecule has 0 spiro atoms. The molecular weight excluding hydrogens is 180 g/mol. The van der Waals surface area contributed by atoms with Gasteiger partial charge in [-0.2, -0.15) is 0 Å². The van der Waals surface area contributed by atoms with Crippen molar-refractivity contribution in [3.8, 4) is 0 Å². The van der Waals surface area contributed by atoms with Crippen LogP contribution >= 0.6 is 0 Å². The maximum absolute atomic E-state index is 4.97. The zero-order chi connectivity index (χ0) is 9.97. The smallest absolute Gasteiger partial charge is 0.113 e. The van der Waals surface area contributed by atoms with Crippen LogP contribution in [-0.2, 0) is 18.3 Å². The zero-order valence-electron chi connectivity index (χ0n) is 7.97. The highest BCUT2D eigenvalue weighted by molar-refractivity contribution is 5.74. The molecule has 0 saturated carbocycles. The predicted octanol–water partition coefficient (Wildman–Crippen LogP) is 0.401. The van der Waals surface area contributed by atoms with Crippen molar-refractivity contribution in [3.63, 3.8) is 0 Å². The predicted molar refractivity (Wildman–Crippen MR) is 52.4 cm³/mol. The summed E-state index contributed by atoms with van der Waals surface area (Å²) in [4.78, 5) is 4.53. The van der Waals surface area contributed by atoms with Gasteiger partial charge in [0.15, 0.2) is 0 Å². The maximum Gasteiger partial charge on any atom is 0.113 e. The molecule has 0 fully saturated rings. The average Bonchev–Trinajstić information content (AvgIpc) is 2.57. The van der Waals surface area contributed by atoms with E-state index in [1.165, 1.54) is 5.56 Å². The molecule has 1 heterocycles. The van der Waals surface area contributed by atoms with Crippen molar-refractivity contribution in [1.29, 1.82) is 0 Å². The Morgan fingerprint density at radius 2 is 2.36 bits per heavy atom. The molecule has 5 heteroatoms. The largest absolute Gasteiger partial charge is 0.304 e. The summed E-state index contributed by atoms with van der Waals surface area (Å²) in [5.74, 6) is 4.97. The Kier molecular flexibility index (Phi) is 2.43. The second-order valence-corrected chi connectivity index (χ2v) is 3.16. The van der Waals surface area contributed by atoms with E-state index in [2.05, 4.69) is 15.1 Å². The third kappa shape index (κ3) is 1.59. The lowest BCUT2D eigenvalue weighted by Crippen LogP contribution is -2.03. The first-order chi connectivity index (χ1) is 6.81. The molecule has 1 aromatic carbocycles. The lowest BCUT2D eigenvalue weighted by molar-refractivity contribution is 0.141. The van der Waals surface area contributed by atoms with Crippen LogP contribution < -0.4 is 5.90 Å². The molecule has 2 aromatic rings. The molecule has 0 atom stereocenters. The monoisotopic (exact) mass is 192 g/mol. The molecule has 2 N–H and O–H groups in total. The van der Waals surface area contributed by atoms with E-state index in [-0.39, 0.29) is 0 Å². The topological polar surface area (TPSA) is 66.0 Å². The van der Waals surface area contributed by atoms with Gasteiger partial charge in [0, 0.05) is 7.05 Å². The van der Waals surface area contributed by atoms with Gasteiger partial charge in [0.2, 0.25) is 0 Å². The van der Waals surface area contributed by atoms with Crippen molar-refractivity contribution in [1.82, 2.24) is 15.0 Å². The van der Waals surface area contributed by atoms with E-state index in [0.29, 0.717) is 6.61 Å². The number of aryl methyl sites for hydroxylation is 1. The highest BCUT2D eigenvalue weighted by atomic mass is 16.6. The van der Waals surface area contributed by atoms with Crippen LogP contribution in [0.25, 0.3) is 11.0 Å². The fraction of sp³-hybridized carbons (Fsp3) is 0.333. The van der Waals surface area contributed by atoms with Crippen molar-refractivity contribution in [2.24, 2.45) is 12.9 Å². The van der Waals surface area contributed by atoms with Crippen LogP contribution in [0.1, 0.15) is 5.56 Å². The SMILES string of the molecule is Cn1nnc2ccc(CCON)cc21. The lowest BCUT2D eigenvalue weighted by Gasteiger charge is -1.99. The van der Waals surface area contributed by atoms with Crippen LogP contribution in [0.4, 0.5) is 0 Å². The van der Waals surface area contributed by atoms with Gasteiger partial charge in [-0.15, -0.1) is 5.10 Å². The van der Waals surface area contributed by atoms with Gasteiger partial charge in [-0.1, -0.05) is 11.3 Å². The molecule has 5 nitrogen and oxygen atoms in total. The van der Waals surface area contributed by atoms with E-state index in [4.69, 9.17) is 5.90 Å². The number of benzene rings is 1. The number of nitrogens with zero attached hydrogens (tertiary/aromatic N) is 3. The standard InChI is InChI=1S/C9H12N4O/c1-13-9-6-7(4-5-14-10)2-3-8(9)11-12-13/h2-3,6H,4-5,10H2,1H3. The molecule has 0 amide bonds. The normalized spacial score (nSPS) is 11.0. The fourth-order valence-electron chi connectivity index (χ4n) is 1.41. The molecule has 74 valence electrons. The summed E-state index contributed by atoms with van der Waals surface area (Å²) in [6.07, 6.45) is 0.803. The van der Waals surface area contributed by atoms with Crippen LogP contribution in [0.3, 0.4) is 0 Å². The molecule has 0 unspecified atom stereocenters. The highest BCUT2D eigenvalue weighted by Gasteiger charge is 2.01. The van der Waals surface area contributed by atoms with Gasteiger partial charge in [0.05, 0.1) is 12.1 Å². The molecule has 14 heavy (non-hydrogen) atoms. The van der Waals surface area contributed by atoms with E-state index >= 15 is 0 Å². The van der Waals surface area contributed by atoms with Gasteiger partial charge in [0.1, 0.15) is 5.52 Å². The zero-order valence-corrected chi connectivity index (χ0v) is 7.97. The van der Waals surface area contributed by atoms with Crippen LogP contribution in [0.5, 0.6) is 0 Å². The van der Waals surface area contributed by atoms with E-state index in [9.17, 15) is 0 Å². The van der Waals surface area contributed by atoms with Gasteiger partial charge in [0.25, 0.3) is 0 Å². The number of hydrogen-bond acceptors (Lipinski definition) is 4. The van der Waals surface area contributed by atoms with Crippen molar-refractivity contribution in [3.05, 3.63) is 23.8 Å². The molecule has 2 rings (SSSR count). The number of fused-ring (bicyclic) bond motifs is 1. The van der Waals surface area contributed by atoms with E-state index in [1.54, 1.807) is 4.68 Å². The molecule has 0 saturated heterocycles. The Labute approximate surface area is 81.4 Å². The second-order valence-electron chi connectivity index (χ2n) is 3.16. The molecule has 0 radical (unpaired) electrons. The number of rotatable bonds is 3. The van der Waals surface area contributed by atoms with Gasteiger partial charge in [-0.25, -0.2) is 10.6 Å². The molecule has 0 aliphatic carbocycles. The minimum absolute atomic E-state index is 0.525. The summed E-state index contributed by atoms with van der Waals surface area (Å²) in [5, 5.41) is 7.92. The average molecular weight is 192 g/mol. The summed E-state index contributed by atoms with van der Waals surface area (Å²) in [6, 6.07) is 6.01. The first-order valence-corrected chi connectivity index (χ1v) is 4.41. The minimum Gasteiger partial charge on any atom is -0.304 e. The van der Waals surface area contributed by atoms with Crippen LogP contribution in [-0.4, -0.2) is 21.6 Å². The molecule has 0 bridgehead atoms. The third-order valence-electron chi connectivity index (χ3n) is 2.18. The second kappa shape index (κ2) is 3.73. The Bertz CT molecular complexity index is 437. The Hall–Kier alpha value is -1.46. The molecular formula is C9H12N4O. The lowest BCUT2D eigenvalue weighted by atomic mass is 10.1. The number of hydrogen-bond donors (Lipinski definition) is 1. The van der Waals surface area contributed by atoms with Gasteiger partial charge < -0.3 is 4.84 Å². The first-order valence-electron chi connectivity index (χ1n) is 4.41. The maximum atomic E-state index is 4.97. The summed E-state index contributed by atoms with van der Waals surface area (Å²) in [6.45, 7) is 0.525. The Morgan fingerprint density at radius 1 is 1.50 bits per heavy atom. The number of aromatic nitrogens is 3. The van der Waals surface area contributed by atoms with E-state index in [0.717, 1.165) is 17.5 Å². The molecule has 1 aromatic heterocycles. The van der Waals surface area contributed by atoms with Crippen molar-refractivity contribution >= 4 is 11.0 Å². The first kappa shape index (κ1) is 9.11. The minimum atomic E-state index is 0.525. The summed E-state index contributed by atoms with van der Waals surface area (Å²) >= 11 is 0. The van der Waals surface area contributed by atoms with Gasteiger partial charge >= 0.3 is 0 Å². The quantitative estimate of drug-likeness (QED) is 0.715. The van der Waals surface area contributed by atoms with Crippen molar-refractivity contribution in [2.45, 2.75) is 6.42 Å². The van der Waals surface area contributed by atoms with Crippen molar-refractivity contribution < 1.29 is 4.84 Å². The summed E-state index contributed by atoms with van der Waals surface area (Å²) < 4.78 is 1.75. The Morgan fingerprint density at radius 3 is 3.14 bits per heavy atom. The fourth-order valence-corrected chi connectivity index (χ4v) is 1.41. The van der Waals surface area contributed by atoms with Gasteiger partial charge in [-0.3, -0.25) is 0 Å². The Balaban J connectivity index is 2.34. The highest BCUT2D eigenvalue weighted by Crippen LogP contribution is 2.12. The van der Waals surface area contributed by atoms with Gasteiger partial charge in [-0.05, 0) is 24.1 Å². The molecule has 0 aliphatic rings. The number of nitrogens with two attached hydrogens (primary N) is 1. The summed E-state index contributed by atoms with van der Waals surface area (Å²) in [5.41, 5.74) is 3.11. The van der Waals surface area contributed by atoms with E-state index in [1.807, 2.05) is 25.2 Å². The summed E-state index contributed by atoms with van der Waals surface area (Å²) in [7, 11) is 1.87. The van der Waals surface area contributed by atoms with Crippen LogP contribution in [0, 0.1) is 0 Å².